The van der Waals surface area contributed by atoms with Gasteiger partial charge >= 0.3 is 5.97 Å². The molecule has 0 N–H and O–H groups in total. The molecule has 0 amide bonds. The Morgan fingerprint density at radius 2 is 0.714 bits per heavy atom. The molecule has 0 aromatic heterocycles. The van der Waals surface area contributed by atoms with Crippen molar-refractivity contribution in [3.8, 4) is 0 Å². The molecule has 35 heavy (non-hydrogen) atoms. The first kappa shape index (κ1) is 34.5. The van der Waals surface area contributed by atoms with Crippen LogP contribution in [0.4, 0.5) is 0 Å². The van der Waals surface area contributed by atoms with Gasteiger partial charge in [0.05, 0.1) is 0 Å². The summed E-state index contributed by atoms with van der Waals surface area (Å²) < 4.78 is 5.98. The van der Waals surface area contributed by atoms with Crippen LogP contribution in [0.1, 0.15) is 201 Å². The second kappa shape index (κ2) is 29.7. The minimum absolute atomic E-state index is 0.0602. The van der Waals surface area contributed by atoms with Gasteiger partial charge in [0.15, 0.2) is 0 Å². The van der Waals surface area contributed by atoms with Gasteiger partial charge in [-0.15, -0.1) is 0 Å². The zero-order chi connectivity index (χ0) is 25.7. The van der Waals surface area contributed by atoms with Gasteiger partial charge < -0.3 is 4.74 Å². The van der Waals surface area contributed by atoms with Crippen LogP contribution in [0, 0.1) is 0 Å². The summed E-state index contributed by atoms with van der Waals surface area (Å²) in [5.41, 5.74) is 0. The summed E-state index contributed by atoms with van der Waals surface area (Å²) in [7, 11) is 0. The van der Waals surface area contributed by atoms with E-state index in [1.54, 1.807) is 0 Å². The van der Waals surface area contributed by atoms with Gasteiger partial charge in [-0.3, -0.25) is 4.79 Å². The van der Waals surface area contributed by atoms with Gasteiger partial charge in [-0.2, -0.15) is 0 Å². The van der Waals surface area contributed by atoms with E-state index in [-0.39, 0.29) is 12.1 Å². The van der Waals surface area contributed by atoms with Crippen molar-refractivity contribution in [1.29, 1.82) is 0 Å². The fourth-order valence-corrected chi connectivity index (χ4v) is 5.10. The van der Waals surface area contributed by atoms with Crippen LogP contribution in [-0.4, -0.2) is 12.1 Å². The minimum Gasteiger partial charge on any atom is -0.462 e. The van der Waals surface area contributed by atoms with E-state index < -0.39 is 0 Å². The molecule has 2 heteroatoms. The third-order valence-corrected chi connectivity index (χ3v) is 7.54. The molecular formula is C33H66O2. The summed E-state index contributed by atoms with van der Waals surface area (Å²) in [4.78, 5) is 12.4. The highest BCUT2D eigenvalue weighted by Gasteiger charge is 2.14. The summed E-state index contributed by atoms with van der Waals surface area (Å²) in [5, 5.41) is 0. The minimum atomic E-state index is 0.0602. The number of unbranched alkanes of at least 4 members (excludes halogenated alkanes) is 22. The van der Waals surface area contributed by atoms with Crippen LogP contribution >= 0.6 is 0 Å². The SMILES string of the molecule is CCCCCCCCCCCCCCC(CCCCCCCCCC)OC(=O)CCCCCCC. The fraction of sp³-hybridized carbons (Fsp3) is 0.970. The van der Waals surface area contributed by atoms with Crippen LogP contribution in [0.15, 0.2) is 0 Å². The second-order valence-corrected chi connectivity index (χ2v) is 11.2. The van der Waals surface area contributed by atoms with E-state index >= 15 is 0 Å². The van der Waals surface area contributed by atoms with E-state index in [2.05, 4.69) is 20.8 Å². The Morgan fingerprint density at radius 3 is 1.06 bits per heavy atom. The van der Waals surface area contributed by atoms with Crippen molar-refractivity contribution in [2.45, 2.75) is 207 Å². The van der Waals surface area contributed by atoms with E-state index in [4.69, 9.17) is 4.74 Å². The topological polar surface area (TPSA) is 26.3 Å². The van der Waals surface area contributed by atoms with E-state index in [1.807, 2.05) is 0 Å². The molecule has 1 atom stereocenters. The van der Waals surface area contributed by atoms with Crippen molar-refractivity contribution in [2.75, 3.05) is 0 Å². The molecule has 1 unspecified atom stereocenters. The monoisotopic (exact) mass is 495 g/mol. The maximum absolute atomic E-state index is 12.4. The number of esters is 1. The summed E-state index contributed by atoms with van der Waals surface area (Å²) in [6, 6.07) is 0. The lowest BCUT2D eigenvalue weighted by Crippen LogP contribution is -2.18. The highest BCUT2D eigenvalue weighted by molar-refractivity contribution is 5.69. The first-order valence-electron chi connectivity index (χ1n) is 16.4. The summed E-state index contributed by atoms with van der Waals surface area (Å²) >= 11 is 0. The Hall–Kier alpha value is -0.530. The van der Waals surface area contributed by atoms with Crippen LogP contribution in [0.2, 0.25) is 0 Å². The number of carbonyl (C=O) groups excluding carboxylic acids is 1. The average molecular weight is 495 g/mol. The number of hydrogen-bond acceptors (Lipinski definition) is 2. The van der Waals surface area contributed by atoms with Crippen molar-refractivity contribution >= 4 is 5.97 Å². The molecule has 0 fully saturated rings. The standard InChI is InChI=1S/C33H66O2/c1-4-7-10-13-15-17-18-19-20-22-25-27-30-32(29-26-24-21-16-14-11-8-5-2)35-33(34)31-28-23-12-9-6-3/h32H,4-31H2,1-3H3. The van der Waals surface area contributed by atoms with Gasteiger partial charge in [-0.05, 0) is 32.1 Å². The van der Waals surface area contributed by atoms with Crippen LogP contribution in [0.3, 0.4) is 0 Å². The van der Waals surface area contributed by atoms with Crippen molar-refractivity contribution in [1.82, 2.24) is 0 Å². The number of rotatable bonds is 29. The predicted octanol–water partition coefficient (Wildman–Crippen LogP) is 11.9. The number of carbonyl (C=O) groups is 1. The molecule has 210 valence electrons. The van der Waals surface area contributed by atoms with Crippen LogP contribution in [0.25, 0.3) is 0 Å². The highest BCUT2D eigenvalue weighted by atomic mass is 16.5. The Morgan fingerprint density at radius 1 is 0.429 bits per heavy atom. The molecule has 0 aliphatic heterocycles. The Bertz CT molecular complexity index is 406. The first-order valence-corrected chi connectivity index (χ1v) is 16.4. The van der Waals surface area contributed by atoms with E-state index in [0.717, 1.165) is 19.3 Å². The normalized spacial score (nSPS) is 12.2. The van der Waals surface area contributed by atoms with Gasteiger partial charge in [0.1, 0.15) is 6.10 Å². The molecule has 0 spiro atoms. The molecule has 0 saturated carbocycles. The largest absolute Gasteiger partial charge is 0.462 e. The van der Waals surface area contributed by atoms with Gasteiger partial charge in [-0.25, -0.2) is 0 Å². The molecule has 0 heterocycles. The van der Waals surface area contributed by atoms with Gasteiger partial charge in [0.25, 0.3) is 0 Å². The number of ether oxygens (including phenoxy) is 1. The van der Waals surface area contributed by atoms with Gasteiger partial charge in [0, 0.05) is 6.42 Å². The van der Waals surface area contributed by atoms with Crippen molar-refractivity contribution in [3.05, 3.63) is 0 Å². The lowest BCUT2D eigenvalue weighted by Gasteiger charge is -2.18. The third kappa shape index (κ3) is 27.9. The molecule has 0 radical (unpaired) electrons. The second-order valence-electron chi connectivity index (χ2n) is 11.2. The summed E-state index contributed by atoms with van der Waals surface area (Å²) in [6.45, 7) is 6.81. The molecule has 0 aromatic carbocycles. The van der Waals surface area contributed by atoms with Gasteiger partial charge in [0.2, 0.25) is 0 Å². The summed E-state index contributed by atoms with van der Waals surface area (Å²) in [5.74, 6) is 0.0602. The Balaban J connectivity index is 3.96. The maximum atomic E-state index is 12.4. The summed E-state index contributed by atoms with van der Waals surface area (Å²) in [6.07, 6.45) is 36.2. The smallest absolute Gasteiger partial charge is 0.306 e. The molecule has 2 nitrogen and oxygen atoms in total. The maximum Gasteiger partial charge on any atom is 0.306 e. The van der Waals surface area contributed by atoms with E-state index in [9.17, 15) is 4.79 Å². The van der Waals surface area contributed by atoms with Crippen LogP contribution < -0.4 is 0 Å². The highest BCUT2D eigenvalue weighted by Crippen LogP contribution is 2.19. The molecule has 0 aliphatic carbocycles. The van der Waals surface area contributed by atoms with Crippen molar-refractivity contribution in [3.63, 3.8) is 0 Å². The predicted molar refractivity (Wildman–Crippen MR) is 156 cm³/mol. The molecule has 0 bridgehead atoms. The van der Waals surface area contributed by atoms with Crippen molar-refractivity contribution < 1.29 is 9.53 Å². The van der Waals surface area contributed by atoms with E-state index in [0.29, 0.717) is 6.42 Å². The molecule has 0 rings (SSSR count). The third-order valence-electron chi connectivity index (χ3n) is 7.54. The Kier molecular flexibility index (Phi) is 29.2. The lowest BCUT2D eigenvalue weighted by atomic mass is 10.0. The zero-order valence-electron chi connectivity index (χ0n) is 24.7. The molecule has 0 aliphatic rings. The van der Waals surface area contributed by atoms with Crippen LogP contribution in [-0.2, 0) is 9.53 Å². The molecule has 0 saturated heterocycles. The quantitative estimate of drug-likeness (QED) is 0.0763. The van der Waals surface area contributed by atoms with Crippen molar-refractivity contribution in [2.24, 2.45) is 0 Å². The zero-order valence-corrected chi connectivity index (χ0v) is 24.7. The fourth-order valence-electron chi connectivity index (χ4n) is 5.10. The Labute approximate surface area is 222 Å². The van der Waals surface area contributed by atoms with Gasteiger partial charge in [-0.1, -0.05) is 162 Å². The van der Waals surface area contributed by atoms with E-state index in [1.165, 1.54) is 154 Å². The number of hydrogen-bond donors (Lipinski definition) is 0. The first-order chi connectivity index (χ1) is 17.2. The average Bonchev–Trinajstić information content (AvgIpc) is 2.86. The lowest BCUT2D eigenvalue weighted by molar-refractivity contribution is -0.150. The molecular weight excluding hydrogens is 428 g/mol. The van der Waals surface area contributed by atoms with Crippen LogP contribution in [0.5, 0.6) is 0 Å². The molecule has 0 aromatic rings.